The number of aryl methyl sites for hydroxylation is 1. The molecule has 3 rings (SSSR count). The highest BCUT2D eigenvalue weighted by Gasteiger charge is 2.31. The lowest BCUT2D eigenvalue weighted by Crippen LogP contribution is -2.53. The first kappa shape index (κ1) is 19.0. The molecule has 0 unspecified atom stereocenters. The summed E-state index contributed by atoms with van der Waals surface area (Å²) in [5.41, 5.74) is 2.91. The van der Waals surface area contributed by atoms with Gasteiger partial charge in [0.2, 0.25) is 0 Å². The molecular formula is C21H25N3O3. The van der Waals surface area contributed by atoms with Crippen molar-refractivity contribution in [3.05, 3.63) is 74.8 Å². The number of nitrogens with zero attached hydrogens (tertiary/aromatic N) is 2. The molecule has 0 bridgehead atoms. The van der Waals surface area contributed by atoms with Crippen LogP contribution in [-0.4, -0.2) is 34.4 Å². The fourth-order valence-corrected chi connectivity index (χ4v) is 3.60. The van der Waals surface area contributed by atoms with E-state index < -0.39 is 10.8 Å². The third kappa shape index (κ3) is 4.01. The number of fused-ring (bicyclic) bond motifs is 1. The van der Waals surface area contributed by atoms with Gasteiger partial charge in [-0.05, 0) is 44.4 Å². The zero-order valence-corrected chi connectivity index (χ0v) is 16.0. The summed E-state index contributed by atoms with van der Waals surface area (Å²) >= 11 is 0. The molecule has 2 aromatic rings. The molecule has 1 heterocycles. The van der Waals surface area contributed by atoms with Gasteiger partial charge in [0, 0.05) is 30.7 Å². The largest absolute Gasteiger partial charge is 0.350 e. The number of para-hydroxylation sites is 1. The van der Waals surface area contributed by atoms with Crippen molar-refractivity contribution in [2.45, 2.75) is 39.3 Å². The first-order valence-electron chi connectivity index (χ1n) is 9.13. The number of nitro benzene ring substituents is 1. The van der Waals surface area contributed by atoms with E-state index in [4.69, 9.17) is 0 Å². The van der Waals surface area contributed by atoms with Gasteiger partial charge in [-0.25, -0.2) is 0 Å². The van der Waals surface area contributed by atoms with E-state index >= 15 is 0 Å². The molecule has 1 aliphatic heterocycles. The number of carbonyl (C=O) groups is 1. The van der Waals surface area contributed by atoms with Gasteiger partial charge in [0.15, 0.2) is 0 Å². The maximum absolute atomic E-state index is 12.6. The van der Waals surface area contributed by atoms with Crippen LogP contribution in [0.1, 0.15) is 40.9 Å². The molecule has 0 spiro atoms. The summed E-state index contributed by atoms with van der Waals surface area (Å²) in [5.74, 6) is -0.407. The molecular weight excluding hydrogens is 342 g/mol. The first-order valence-corrected chi connectivity index (χ1v) is 9.13. The van der Waals surface area contributed by atoms with Crippen molar-refractivity contribution in [2.24, 2.45) is 0 Å². The van der Waals surface area contributed by atoms with Crippen LogP contribution in [0.5, 0.6) is 0 Å². The highest BCUT2D eigenvalue weighted by molar-refractivity contribution is 5.98. The van der Waals surface area contributed by atoms with Crippen LogP contribution in [0.4, 0.5) is 5.69 Å². The van der Waals surface area contributed by atoms with Gasteiger partial charge < -0.3 is 5.32 Å². The maximum atomic E-state index is 12.6. The van der Waals surface area contributed by atoms with Gasteiger partial charge in [-0.2, -0.15) is 0 Å². The Balaban J connectivity index is 1.70. The van der Waals surface area contributed by atoms with Crippen LogP contribution >= 0.6 is 0 Å². The summed E-state index contributed by atoms with van der Waals surface area (Å²) in [7, 11) is 0. The van der Waals surface area contributed by atoms with Crippen LogP contribution in [0.2, 0.25) is 0 Å². The Labute approximate surface area is 159 Å². The van der Waals surface area contributed by atoms with E-state index in [0.717, 1.165) is 19.5 Å². The molecule has 0 atom stereocenters. The molecule has 1 amide bonds. The molecule has 2 aromatic carbocycles. The van der Waals surface area contributed by atoms with E-state index in [1.807, 2.05) is 6.07 Å². The van der Waals surface area contributed by atoms with Crippen molar-refractivity contribution >= 4 is 11.6 Å². The molecule has 0 fully saturated rings. The van der Waals surface area contributed by atoms with Crippen molar-refractivity contribution in [3.8, 4) is 0 Å². The van der Waals surface area contributed by atoms with Crippen LogP contribution in [0.25, 0.3) is 0 Å². The standard InChI is InChI=1S/C21H25N3O3/c1-15-7-6-10-18(19(15)24(26)27)20(25)22-14-21(2,3)23-12-11-16-8-4-5-9-17(16)13-23/h4-10H,11-14H2,1-3H3,(H,22,25). The second-order valence-electron chi connectivity index (χ2n) is 7.66. The molecule has 0 saturated carbocycles. The van der Waals surface area contributed by atoms with Crippen LogP contribution in [0.3, 0.4) is 0 Å². The summed E-state index contributed by atoms with van der Waals surface area (Å²) in [6.45, 7) is 8.00. The minimum Gasteiger partial charge on any atom is -0.350 e. The number of rotatable bonds is 5. The average Bonchev–Trinajstić information content (AvgIpc) is 2.65. The Morgan fingerprint density at radius 2 is 1.89 bits per heavy atom. The van der Waals surface area contributed by atoms with E-state index in [-0.39, 0.29) is 16.8 Å². The zero-order valence-electron chi connectivity index (χ0n) is 16.0. The van der Waals surface area contributed by atoms with Crippen molar-refractivity contribution < 1.29 is 9.72 Å². The fraction of sp³-hybridized carbons (Fsp3) is 0.381. The Morgan fingerprint density at radius 1 is 1.19 bits per heavy atom. The molecule has 0 aliphatic carbocycles. The molecule has 1 N–H and O–H groups in total. The molecule has 0 saturated heterocycles. The molecule has 27 heavy (non-hydrogen) atoms. The SMILES string of the molecule is Cc1cccc(C(=O)NCC(C)(C)N2CCc3ccccc3C2)c1[N+](=O)[O-]. The minimum atomic E-state index is -0.489. The van der Waals surface area contributed by atoms with Crippen molar-refractivity contribution in [3.63, 3.8) is 0 Å². The number of carbonyl (C=O) groups excluding carboxylic acids is 1. The summed E-state index contributed by atoms with van der Waals surface area (Å²) < 4.78 is 0. The second-order valence-corrected chi connectivity index (χ2v) is 7.66. The lowest BCUT2D eigenvalue weighted by molar-refractivity contribution is -0.385. The number of amides is 1. The topological polar surface area (TPSA) is 75.5 Å². The molecule has 142 valence electrons. The maximum Gasteiger partial charge on any atom is 0.285 e. The van der Waals surface area contributed by atoms with Gasteiger partial charge >= 0.3 is 0 Å². The Morgan fingerprint density at radius 3 is 2.59 bits per heavy atom. The van der Waals surface area contributed by atoms with E-state index in [0.29, 0.717) is 12.1 Å². The predicted octanol–water partition coefficient (Wildman–Crippen LogP) is 3.47. The lowest BCUT2D eigenvalue weighted by Gasteiger charge is -2.41. The van der Waals surface area contributed by atoms with E-state index in [2.05, 4.69) is 42.3 Å². The highest BCUT2D eigenvalue weighted by Crippen LogP contribution is 2.26. The van der Waals surface area contributed by atoms with E-state index in [1.165, 1.54) is 17.2 Å². The fourth-order valence-electron chi connectivity index (χ4n) is 3.60. The van der Waals surface area contributed by atoms with Crippen LogP contribution in [0.15, 0.2) is 42.5 Å². The van der Waals surface area contributed by atoms with Gasteiger partial charge in [0.1, 0.15) is 5.56 Å². The van der Waals surface area contributed by atoms with Crippen molar-refractivity contribution in [1.82, 2.24) is 10.2 Å². The third-order valence-electron chi connectivity index (χ3n) is 5.33. The minimum absolute atomic E-state index is 0.111. The predicted molar refractivity (Wildman–Crippen MR) is 105 cm³/mol. The Bertz CT molecular complexity index is 877. The van der Waals surface area contributed by atoms with Gasteiger partial charge in [0.05, 0.1) is 4.92 Å². The third-order valence-corrected chi connectivity index (χ3v) is 5.33. The van der Waals surface area contributed by atoms with Crippen LogP contribution in [-0.2, 0) is 13.0 Å². The number of hydrogen-bond acceptors (Lipinski definition) is 4. The highest BCUT2D eigenvalue weighted by atomic mass is 16.6. The van der Waals surface area contributed by atoms with Gasteiger partial charge in [-0.3, -0.25) is 19.8 Å². The van der Waals surface area contributed by atoms with E-state index in [9.17, 15) is 14.9 Å². The Hall–Kier alpha value is -2.73. The number of benzene rings is 2. The average molecular weight is 367 g/mol. The quantitative estimate of drug-likeness (QED) is 0.648. The molecule has 0 aromatic heterocycles. The van der Waals surface area contributed by atoms with Crippen LogP contribution < -0.4 is 5.32 Å². The van der Waals surface area contributed by atoms with Gasteiger partial charge in [-0.15, -0.1) is 0 Å². The monoisotopic (exact) mass is 367 g/mol. The van der Waals surface area contributed by atoms with Crippen molar-refractivity contribution in [2.75, 3.05) is 13.1 Å². The normalized spacial score (nSPS) is 14.5. The second kappa shape index (κ2) is 7.48. The van der Waals surface area contributed by atoms with E-state index in [1.54, 1.807) is 19.1 Å². The zero-order chi connectivity index (χ0) is 19.6. The summed E-state index contributed by atoms with van der Waals surface area (Å²) in [6.07, 6.45) is 0.983. The van der Waals surface area contributed by atoms with Crippen LogP contribution in [0, 0.1) is 17.0 Å². The van der Waals surface area contributed by atoms with Gasteiger partial charge in [-0.1, -0.05) is 36.4 Å². The van der Waals surface area contributed by atoms with Gasteiger partial charge in [0.25, 0.3) is 11.6 Å². The number of hydrogen-bond donors (Lipinski definition) is 1. The summed E-state index contributed by atoms with van der Waals surface area (Å²) in [6, 6.07) is 13.2. The molecule has 6 heteroatoms. The Kier molecular flexibility index (Phi) is 5.28. The first-order chi connectivity index (χ1) is 12.8. The molecule has 1 aliphatic rings. The number of nitrogens with one attached hydrogen (secondary N) is 1. The van der Waals surface area contributed by atoms with Crippen molar-refractivity contribution in [1.29, 1.82) is 0 Å². The summed E-state index contributed by atoms with van der Waals surface area (Å²) in [4.78, 5) is 25.8. The molecule has 6 nitrogen and oxygen atoms in total. The summed E-state index contributed by atoms with van der Waals surface area (Å²) in [5, 5.41) is 14.2. The smallest absolute Gasteiger partial charge is 0.285 e. The lowest BCUT2D eigenvalue weighted by atomic mass is 9.94. The number of nitro groups is 1. The molecule has 0 radical (unpaired) electrons.